The molecule has 4 aromatic rings. The van der Waals surface area contributed by atoms with Crippen LogP contribution < -0.4 is 0 Å². The number of aryl methyl sites for hydroxylation is 2. The summed E-state index contributed by atoms with van der Waals surface area (Å²) in [6, 6.07) is 8.37. The van der Waals surface area contributed by atoms with E-state index >= 15 is 0 Å². The molecule has 0 atom stereocenters. The highest BCUT2D eigenvalue weighted by Gasteiger charge is 2.17. The monoisotopic (exact) mass is 415 g/mol. The summed E-state index contributed by atoms with van der Waals surface area (Å²) in [5.41, 5.74) is 3.97. The first-order valence-corrected chi connectivity index (χ1v) is 9.60. The van der Waals surface area contributed by atoms with Crippen LogP contribution in [-0.4, -0.2) is 34.9 Å². The number of hydrogen-bond acceptors (Lipinski definition) is 7. The molecule has 0 unspecified atom stereocenters. The maximum absolute atomic E-state index is 10.8. The van der Waals surface area contributed by atoms with Crippen molar-refractivity contribution in [3.63, 3.8) is 0 Å². The van der Waals surface area contributed by atoms with Gasteiger partial charge in [-0.2, -0.15) is 5.10 Å². The standard InChI is InChI=1S/C17H14ClN7O2S/c1-9-7-10(2)24(23-9)16-14-13(15(18)21-22-16)19-17(20-14)28-8-11-3-5-12(6-4-11)25(26)27/h3-7H,8H2,1-2H3,(H,19,20). The van der Waals surface area contributed by atoms with Crippen LogP contribution in [0, 0.1) is 24.0 Å². The first kappa shape index (κ1) is 18.4. The minimum atomic E-state index is -0.418. The fourth-order valence-corrected chi connectivity index (χ4v) is 3.78. The molecule has 3 aromatic heterocycles. The smallest absolute Gasteiger partial charge is 0.269 e. The van der Waals surface area contributed by atoms with Crippen LogP contribution in [0.5, 0.6) is 0 Å². The largest absolute Gasteiger partial charge is 0.330 e. The van der Waals surface area contributed by atoms with Crippen molar-refractivity contribution < 1.29 is 4.92 Å². The number of halogens is 1. The number of rotatable bonds is 5. The summed E-state index contributed by atoms with van der Waals surface area (Å²) in [6.45, 7) is 3.84. The third kappa shape index (κ3) is 3.43. The highest BCUT2D eigenvalue weighted by atomic mass is 35.5. The van der Waals surface area contributed by atoms with E-state index in [9.17, 15) is 10.1 Å². The number of benzene rings is 1. The van der Waals surface area contributed by atoms with Crippen molar-refractivity contribution in [3.8, 4) is 5.82 Å². The molecule has 28 heavy (non-hydrogen) atoms. The quantitative estimate of drug-likeness (QED) is 0.297. The van der Waals surface area contributed by atoms with Crippen LogP contribution in [0.3, 0.4) is 0 Å². The molecule has 4 rings (SSSR count). The maximum Gasteiger partial charge on any atom is 0.269 e. The second-order valence-corrected chi connectivity index (χ2v) is 7.45. The van der Waals surface area contributed by atoms with Gasteiger partial charge in [-0.15, -0.1) is 10.2 Å². The van der Waals surface area contributed by atoms with Crippen LogP contribution in [0.25, 0.3) is 16.9 Å². The summed E-state index contributed by atoms with van der Waals surface area (Å²) < 4.78 is 1.70. The van der Waals surface area contributed by atoms with E-state index in [2.05, 4.69) is 25.3 Å². The van der Waals surface area contributed by atoms with Gasteiger partial charge in [0.1, 0.15) is 11.0 Å². The van der Waals surface area contributed by atoms with Crippen LogP contribution in [-0.2, 0) is 5.75 Å². The summed E-state index contributed by atoms with van der Waals surface area (Å²) in [6.07, 6.45) is 0. The van der Waals surface area contributed by atoms with Gasteiger partial charge in [0.15, 0.2) is 10.3 Å². The van der Waals surface area contributed by atoms with E-state index in [0.29, 0.717) is 27.8 Å². The van der Waals surface area contributed by atoms with Gasteiger partial charge in [0.2, 0.25) is 5.82 Å². The predicted molar refractivity (Wildman–Crippen MR) is 106 cm³/mol. The number of imidazole rings is 1. The Bertz CT molecular complexity index is 1190. The Morgan fingerprint density at radius 1 is 1.25 bits per heavy atom. The zero-order valence-corrected chi connectivity index (χ0v) is 16.5. The van der Waals surface area contributed by atoms with Gasteiger partial charge in [0.25, 0.3) is 5.69 Å². The van der Waals surface area contributed by atoms with Crippen molar-refractivity contribution in [1.82, 2.24) is 29.9 Å². The van der Waals surface area contributed by atoms with Gasteiger partial charge < -0.3 is 4.98 Å². The summed E-state index contributed by atoms with van der Waals surface area (Å²) in [4.78, 5) is 18.1. The first-order valence-electron chi connectivity index (χ1n) is 8.24. The Kier molecular flexibility index (Phi) is 4.73. The number of nitrogens with one attached hydrogen (secondary N) is 1. The van der Waals surface area contributed by atoms with Crippen molar-refractivity contribution in [1.29, 1.82) is 0 Å². The zero-order chi connectivity index (χ0) is 19.8. The van der Waals surface area contributed by atoms with E-state index in [1.54, 1.807) is 16.8 Å². The van der Waals surface area contributed by atoms with Gasteiger partial charge >= 0.3 is 0 Å². The van der Waals surface area contributed by atoms with Crippen LogP contribution in [0.1, 0.15) is 17.0 Å². The Morgan fingerprint density at radius 3 is 2.64 bits per heavy atom. The average Bonchev–Trinajstić information content (AvgIpc) is 3.24. The van der Waals surface area contributed by atoms with Crippen LogP contribution in [0.15, 0.2) is 35.5 Å². The van der Waals surface area contributed by atoms with Crippen LogP contribution >= 0.6 is 23.4 Å². The SMILES string of the molecule is Cc1cc(C)n(-c2nnc(Cl)c3nc(SCc4ccc([N+](=O)[O-])cc4)[nH]c23)n1. The lowest BCUT2D eigenvalue weighted by Gasteiger charge is -2.03. The lowest BCUT2D eigenvalue weighted by Crippen LogP contribution is -2.04. The van der Waals surface area contributed by atoms with Crippen molar-refractivity contribution >= 4 is 40.1 Å². The Morgan fingerprint density at radius 2 is 2.00 bits per heavy atom. The number of hydrogen-bond donors (Lipinski definition) is 1. The van der Waals surface area contributed by atoms with E-state index in [1.807, 2.05) is 19.9 Å². The fourth-order valence-electron chi connectivity index (χ4n) is 2.78. The molecule has 3 heterocycles. The normalized spacial score (nSPS) is 11.2. The molecule has 9 nitrogen and oxygen atoms in total. The minimum Gasteiger partial charge on any atom is -0.330 e. The van der Waals surface area contributed by atoms with Gasteiger partial charge in [-0.05, 0) is 25.5 Å². The number of fused-ring (bicyclic) bond motifs is 1. The number of thioether (sulfide) groups is 1. The summed E-state index contributed by atoms with van der Waals surface area (Å²) >= 11 is 7.64. The molecule has 0 bridgehead atoms. The molecule has 0 aliphatic carbocycles. The lowest BCUT2D eigenvalue weighted by molar-refractivity contribution is -0.384. The summed E-state index contributed by atoms with van der Waals surface area (Å²) in [7, 11) is 0. The lowest BCUT2D eigenvalue weighted by atomic mass is 10.2. The third-order valence-corrected chi connectivity index (χ3v) is 5.27. The molecule has 0 fully saturated rings. The van der Waals surface area contributed by atoms with Gasteiger partial charge in [0, 0.05) is 23.6 Å². The number of nitro groups is 1. The molecular formula is C17H14ClN7O2S. The van der Waals surface area contributed by atoms with E-state index in [4.69, 9.17) is 11.6 Å². The van der Waals surface area contributed by atoms with Crippen molar-refractivity contribution in [2.45, 2.75) is 24.8 Å². The predicted octanol–water partition coefficient (Wildman–Crippen LogP) is 4.01. The minimum absolute atomic E-state index is 0.0657. The highest BCUT2D eigenvalue weighted by molar-refractivity contribution is 7.98. The van der Waals surface area contributed by atoms with Gasteiger partial charge in [-0.25, -0.2) is 9.67 Å². The molecule has 0 saturated carbocycles. The molecule has 0 spiro atoms. The molecule has 0 radical (unpaired) electrons. The first-order chi connectivity index (χ1) is 13.4. The van der Waals surface area contributed by atoms with E-state index in [-0.39, 0.29) is 10.8 Å². The topological polar surface area (TPSA) is 115 Å². The van der Waals surface area contributed by atoms with Crippen molar-refractivity contribution in [3.05, 3.63) is 62.6 Å². The number of nitrogens with zero attached hydrogens (tertiary/aromatic N) is 6. The molecule has 11 heteroatoms. The van der Waals surface area contributed by atoms with Crippen molar-refractivity contribution in [2.24, 2.45) is 0 Å². The number of nitro benzene ring substituents is 1. The molecule has 1 aromatic carbocycles. The molecule has 0 aliphatic rings. The maximum atomic E-state index is 10.8. The molecule has 1 N–H and O–H groups in total. The second kappa shape index (κ2) is 7.21. The molecule has 142 valence electrons. The average molecular weight is 416 g/mol. The number of non-ortho nitro benzene ring substituents is 1. The number of aromatic nitrogens is 6. The highest BCUT2D eigenvalue weighted by Crippen LogP contribution is 2.29. The molecule has 0 saturated heterocycles. The molecule has 0 aliphatic heterocycles. The molecule has 0 amide bonds. The van der Waals surface area contributed by atoms with E-state index in [1.165, 1.54) is 23.9 Å². The number of H-pyrrole nitrogens is 1. The van der Waals surface area contributed by atoms with Crippen molar-refractivity contribution in [2.75, 3.05) is 0 Å². The zero-order valence-electron chi connectivity index (χ0n) is 14.9. The Balaban J connectivity index is 1.64. The number of aromatic amines is 1. The van der Waals surface area contributed by atoms with Gasteiger partial charge in [-0.1, -0.05) is 35.5 Å². The van der Waals surface area contributed by atoms with Crippen LogP contribution in [0.4, 0.5) is 5.69 Å². The Labute approximate surface area is 168 Å². The van der Waals surface area contributed by atoms with Gasteiger partial charge in [0.05, 0.1) is 10.6 Å². The fraction of sp³-hybridized carbons (Fsp3) is 0.176. The second-order valence-electron chi connectivity index (χ2n) is 6.13. The van der Waals surface area contributed by atoms with Gasteiger partial charge in [-0.3, -0.25) is 10.1 Å². The molecular weight excluding hydrogens is 402 g/mol. The van der Waals surface area contributed by atoms with E-state index < -0.39 is 4.92 Å². The summed E-state index contributed by atoms with van der Waals surface area (Å²) in [5.74, 6) is 1.12. The van der Waals surface area contributed by atoms with Crippen LogP contribution in [0.2, 0.25) is 5.15 Å². The summed E-state index contributed by atoms with van der Waals surface area (Å²) in [5, 5.41) is 24.2. The third-order valence-electron chi connectivity index (χ3n) is 4.07. The Hall–Kier alpha value is -2.98. The van der Waals surface area contributed by atoms with E-state index in [0.717, 1.165) is 17.0 Å².